The molecule has 0 aromatic heterocycles. The minimum atomic E-state index is -4.03. The SMILES string of the molecule is C[C@@H](O)[C@H]1C(=O)N2C(C(=O)O)=C(CN3c4cccc5cc(C[N+]67CC[N+](CC(N)=O)(CC6)CC7)cc(c45)S3(=O)=O)[C@H](C)[C@H]12. The number of aliphatic hydroxyl groups excluding tert-OH is 1. The highest BCUT2D eigenvalue weighted by atomic mass is 32.2. The Bertz CT molecular complexity index is 1730. The van der Waals surface area contributed by atoms with E-state index in [2.05, 4.69) is 6.07 Å². The first kappa shape index (κ1) is 28.3. The summed E-state index contributed by atoms with van der Waals surface area (Å²) >= 11 is 0. The van der Waals surface area contributed by atoms with Crippen molar-refractivity contribution in [3.05, 3.63) is 47.2 Å². The summed E-state index contributed by atoms with van der Waals surface area (Å²) in [7, 11) is -4.03. The largest absolute Gasteiger partial charge is 0.477 e. The summed E-state index contributed by atoms with van der Waals surface area (Å²) in [4.78, 5) is 38.3. The lowest BCUT2D eigenvalue weighted by Crippen LogP contribution is -2.75. The third-order valence-corrected chi connectivity index (χ3v) is 12.6. The lowest BCUT2D eigenvalue weighted by Gasteiger charge is -2.55. The molecule has 6 aliphatic rings. The number of hydrogen-bond acceptors (Lipinski definition) is 6. The van der Waals surface area contributed by atoms with Crippen LogP contribution in [-0.4, -0.2) is 115 Å². The van der Waals surface area contributed by atoms with Crippen molar-refractivity contribution in [2.75, 3.05) is 56.7 Å². The number of sulfonamides is 1. The van der Waals surface area contributed by atoms with Gasteiger partial charge >= 0.3 is 5.97 Å². The number of aliphatic hydroxyl groups is 1. The first-order valence-electron chi connectivity index (χ1n) is 14.8. The minimum absolute atomic E-state index is 0.185. The number of carbonyl (C=O) groups is 3. The third kappa shape index (κ3) is 3.98. The average molecular weight is 612 g/mol. The number of piperazine rings is 3. The molecule has 2 bridgehead atoms. The van der Waals surface area contributed by atoms with Crippen molar-refractivity contribution in [1.82, 2.24) is 4.90 Å². The van der Waals surface area contributed by atoms with E-state index >= 15 is 0 Å². The number of benzene rings is 2. The molecule has 228 valence electrons. The number of fused-ring (bicyclic) bond motifs is 4. The van der Waals surface area contributed by atoms with Gasteiger partial charge in [0.1, 0.15) is 51.5 Å². The molecule has 6 heterocycles. The number of rotatable bonds is 8. The second kappa shape index (κ2) is 9.24. The number of carbonyl (C=O) groups excluding carboxylic acids is 2. The zero-order valence-electron chi connectivity index (χ0n) is 24.3. The Hall–Kier alpha value is -3.52. The topological polar surface area (TPSA) is 158 Å². The Morgan fingerprint density at radius 1 is 1.09 bits per heavy atom. The van der Waals surface area contributed by atoms with Crippen LogP contribution in [-0.2, 0) is 31.0 Å². The fourth-order valence-electron chi connectivity index (χ4n) is 8.49. The molecule has 13 heteroatoms. The summed E-state index contributed by atoms with van der Waals surface area (Å²) in [5.41, 5.74) is 7.12. The lowest BCUT2D eigenvalue weighted by atomic mass is 9.78. The number of carboxylic acids is 1. The molecule has 12 nitrogen and oxygen atoms in total. The summed E-state index contributed by atoms with van der Waals surface area (Å²) in [6.07, 6.45) is -0.942. The quantitative estimate of drug-likeness (QED) is 0.284. The average Bonchev–Trinajstić information content (AvgIpc) is 3.31. The Morgan fingerprint density at radius 3 is 2.35 bits per heavy atom. The maximum Gasteiger partial charge on any atom is 0.352 e. The predicted molar refractivity (Wildman–Crippen MR) is 156 cm³/mol. The zero-order valence-corrected chi connectivity index (χ0v) is 25.1. The van der Waals surface area contributed by atoms with Crippen LogP contribution in [0.5, 0.6) is 0 Å². The number of β-lactam (4-membered cyclic amide) rings is 1. The minimum Gasteiger partial charge on any atom is -0.477 e. The second-order valence-corrected chi connectivity index (χ2v) is 15.1. The van der Waals surface area contributed by atoms with Crippen LogP contribution in [0.15, 0.2) is 46.5 Å². The van der Waals surface area contributed by atoms with Gasteiger partial charge < -0.3 is 29.8 Å². The van der Waals surface area contributed by atoms with Crippen LogP contribution in [0, 0.1) is 11.8 Å². The summed E-state index contributed by atoms with van der Waals surface area (Å²) in [6.45, 7) is 9.46. The molecule has 4 N–H and O–H groups in total. The maximum atomic E-state index is 14.2. The number of hydrogen-bond donors (Lipinski definition) is 3. The Kier molecular flexibility index (Phi) is 6.07. The Balaban J connectivity index is 1.21. The molecular formula is C30H37N5O7S+2. The first-order chi connectivity index (χ1) is 20.3. The van der Waals surface area contributed by atoms with E-state index in [1.54, 1.807) is 19.1 Å². The van der Waals surface area contributed by atoms with E-state index in [0.717, 1.165) is 59.2 Å². The number of aliphatic carboxylic acids is 1. The van der Waals surface area contributed by atoms with E-state index in [0.29, 0.717) is 29.7 Å². The molecule has 2 aromatic rings. The highest BCUT2D eigenvalue weighted by Gasteiger charge is 2.60. The number of anilines is 1. The van der Waals surface area contributed by atoms with Crippen molar-refractivity contribution in [3.63, 3.8) is 0 Å². The molecule has 2 amide bonds. The molecule has 43 heavy (non-hydrogen) atoms. The van der Waals surface area contributed by atoms with Crippen LogP contribution >= 0.6 is 0 Å². The molecule has 0 spiro atoms. The van der Waals surface area contributed by atoms with Crippen LogP contribution < -0.4 is 10.0 Å². The van der Waals surface area contributed by atoms with Gasteiger partial charge in [0.25, 0.3) is 15.9 Å². The molecule has 8 rings (SSSR count). The molecule has 6 aliphatic heterocycles. The highest BCUT2D eigenvalue weighted by Crippen LogP contribution is 2.50. The number of quaternary nitrogens is 2. The number of amides is 2. The van der Waals surface area contributed by atoms with Crippen molar-refractivity contribution in [2.45, 2.75) is 37.4 Å². The van der Waals surface area contributed by atoms with E-state index in [-0.39, 0.29) is 23.0 Å². The van der Waals surface area contributed by atoms with Gasteiger partial charge in [-0.25, -0.2) is 13.2 Å². The molecule has 0 saturated carbocycles. The van der Waals surface area contributed by atoms with E-state index < -0.39 is 45.9 Å². The van der Waals surface area contributed by atoms with Gasteiger partial charge in [-0.05, 0) is 36.1 Å². The van der Waals surface area contributed by atoms with Gasteiger partial charge in [-0.2, -0.15) is 0 Å². The standard InChI is InChI=1S/C30H35N5O7S/c1-17-21(28(30(39)40)33-27(17)25(18(2)36)29(33)38)14-32-22-5-3-4-20-12-19(13-23(26(20)22)43(32,41)42)15-34-6-9-35(10-7-34,11-8-34)16-24(31)37/h3-5,12-13,17-18,25,27,36H,6-11,14-16H2,1-2H3,(H-2,31,37,39,40)/p+2/t17-,18+,25+,27+,34?,35?/m0/s1. The van der Waals surface area contributed by atoms with E-state index in [1.165, 1.54) is 16.1 Å². The smallest absolute Gasteiger partial charge is 0.352 e. The van der Waals surface area contributed by atoms with Gasteiger partial charge in [0, 0.05) is 16.9 Å². The van der Waals surface area contributed by atoms with Gasteiger partial charge in [-0.3, -0.25) is 13.9 Å². The van der Waals surface area contributed by atoms with E-state index in [9.17, 15) is 33.0 Å². The van der Waals surface area contributed by atoms with E-state index in [4.69, 9.17) is 5.73 Å². The van der Waals surface area contributed by atoms with Crippen LogP contribution in [0.1, 0.15) is 19.4 Å². The normalized spacial score (nSPS) is 32.7. The molecule has 0 radical (unpaired) electrons. The molecular weight excluding hydrogens is 574 g/mol. The van der Waals surface area contributed by atoms with E-state index in [1.807, 2.05) is 12.1 Å². The fourth-order valence-corrected chi connectivity index (χ4v) is 10.2. The van der Waals surface area contributed by atoms with Crippen molar-refractivity contribution in [3.8, 4) is 0 Å². The van der Waals surface area contributed by atoms with Crippen LogP contribution in [0.4, 0.5) is 5.69 Å². The molecule has 2 aromatic carbocycles. The van der Waals surface area contributed by atoms with Crippen molar-refractivity contribution in [2.24, 2.45) is 17.6 Å². The third-order valence-electron chi connectivity index (χ3n) is 10.8. The molecule has 4 saturated heterocycles. The fraction of sp³-hybridized carbons (Fsp3) is 0.500. The Morgan fingerprint density at radius 2 is 1.74 bits per heavy atom. The number of carboxylic acid groups (broad SMARTS) is 1. The van der Waals surface area contributed by atoms with Gasteiger partial charge in [-0.1, -0.05) is 19.1 Å². The predicted octanol–water partition coefficient (Wildman–Crippen LogP) is 0.191. The van der Waals surface area contributed by atoms with Crippen LogP contribution in [0.2, 0.25) is 0 Å². The molecule has 0 aliphatic carbocycles. The number of primary amides is 1. The first-order valence-corrected chi connectivity index (χ1v) is 16.3. The van der Waals surface area contributed by atoms with Crippen LogP contribution in [0.25, 0.3) is 10.8 Å². The summed E-state index contributed by atoms with van der Waals surface area (Å²) in [5, 5.41) is 21.7. The van der Waals surface area contributed by atoms with Gasteiger partial charge in [-0.15, -0.1) is 0 Å². The van der Waals surface area contributed by atoms with Gasteiger partial charge in [0.2, 0.25) is 5.91 Å². The summed E-state index contributed by atoms with van der Waals surface area (Å²) in [6, 6.07) is 8.77. The summed E-state index contributed by atoms with van der Waals surface area (Å²) < 4.78 is 31.2. The van der Waals surface area contributed by atoms with Crippen molar-refractivity contribution >= 4 is 44.3 Å². The number of nitrogens with zero attached hydrogens (tertiary/aromatic N) is 4. The number of nitrogens with two attached hydrogens (primary N) is 1. The Labute approximate surface area is 249 Å². The summed E-state index contributed by atoms with van der Waals surface area (Å²) in [5.74, 6) is -3.18. The van der Waals surface area contributed by atoms with Crippen molar-refractivity contribution in [1.29, 1.82) is 0 Å². The molecule has 0 unspecified atom stereocenters. The highest BCUT2D eigenvalue weighted by molar-refractivity contribution is 7.93. The molecule has 4 atom stereocenters. The van der Waals surface area contributed by atoms with Gasteiger partial charge in [0.05, 0.1) is 35.2 Å². The zero-order chi connectivity index (χ0) is 30.6. The maximum absolute atomic E-state index is 14.2. The van der Waals surface area contributed by atoms with Crippen molar-refractivity contribution < 1.29 is 42.0 Å². The lowest BCUT2D eigenvalue weighted by molar-refractivity contribution is -1.08. The monoisotopic (exact) mass is 611 g/mol. The van der Waals surface area contributed by atoms with Gasteiger partial charge in [0.15, 0.2) is 6.54 Å². The second-order valence-electron chi connectivity index (χ2n) is 13.2. The van der Waals surface area contributed by atoms with Crippen LogP contribution in [0.3, 0.4) is 0 Å². The molecule has 4 fully saturated rings.